The third kappa shape index (κ3) is 2.42. The highest BCUT2D eigenvalue weighted by Crippen LogP contribution is 2.26. The molecule has 0 saturated heterocycles. The molecule has 1 unspecified atom stereocenters. The van der Waals surface area contributed by atoms with E-state index in [1.54, 1.807) is 17.5 Å². The van der Waals surface area contributed by atoms with Gasteiger partial charge in [-0.15, -0.1) is 11.3 Å². The number of benzene rings is 1. The molecule has 0 radical (unpaired) electrons. The predicted octanol–water partition coefficient (Wildman–Crippen LogP) is 3.57. The van der Waals surface area contributed by atoms with E-state index in [2.05, 4.69) is 34.3 Å². The summed E-state index contributed by atoms with van der Waals surface area (Å²) in [4.78, 5) is 5.64. The third-order valence-electron chi connectivity index (χ3n) is 2.93. The number of hydrogen-bond donors (Lipinski definition) is 1. The van der Waals surface area contributed by atoms with Crippen LogP contribution in [0.5, 0.6) is 0 Å². The molecule has 0 aliphatic rings. The normalized spacial score (nSPS) is 12.5. The minimum atomic E-state index is 0.159. The first-order chi connectivity index (χ1) is 9.24. The van der Waals surface area contributed by atoms with Crippen molar-refractivity contribution < 1.29 is 0 Å². The van der Waals surface area contributed by atoms with E-state index in [4.69, 9.17) is 0 Å². The van der Waals surface area contributed by atoms with Crippen molar-refractivity contribution in [2.24, 2.45) is 0 Å². The lowest BCUT2D eigenvalue weighted by Crippen LogP contribution is -2.07. The highest BCUT2D eigenvalue weighted by Gasteiger charge is 2.11. The number of hydrogen-bond acceptors (Lipinski definition) is 5. The van der Waals surface area contributed by atoms with Crippen LogP contribution in [-0.4, -0.2) is 15.2 Å². The maximum Gasteiger partial charge on any atom is 0.115 e. The maximum absolute atomic E-state index is 4.41. The minimum absolute atomic E-state index is 0.159. The zero-order chi connectivity index (χ0) is 13.2. The number of fused-ring (bicyclic) bond motifs is 1. The molecule has 0 spiro atoms. The van der Waals surface area contributed by atoms with Gasteiger partial charge >= 0.3 is 0 Å². The smallest absolute Gasteiger partial charge is 0.115 e. The van der Waals surface area contributed by atoms with Gasteiger partial charge in [-0.2, -0.15) is 10.2 Å². The van der Waals surface area contributed by atoms with Gasteiger partial charge < -0.3 is 5.32 Å². The first-order valence-electron chi connectivity index (χ1n) is 6.13. The molecule has 2 heterocycles. The molecule has 0 amide bonds. The quantitative estimate of drug-likeness (QED) is 0.790. The molecule has 4 nitrogen and oxygen atoms in total. The van der Waals surface area contributed by atoms with Gasteiger partial charge in [0.15, 0.2) is 0 Å². The van der Waals surface area contributed by atoms with Crippen LogP contribution in [-0.2, 0) is 0 Å². The SMILES string of the molecule is Cc1cnc(C(C)Nc2cnnc3ccccc23)s1. The Hall–Kier alpha value is -2.01. The van der Waals surface area contributed by atoms with Crippen LogP contribution < -0.4 is 5.32 Å². The summed E-state index contributed by atoms with van der Waals surface area (Å²) in [5.74, 6) is 0. The Morgan fingerprint density at radius 3 is 2.84 bits per heavy atom. The summed E-state index contributed by atoms with van der Waals surface area (Å²) in [6, 6.07) is 8.14. The van der Waals surface area contributed by atoms with Crippen LogP contribution in [0.2, 0.25) is 0 Å². The molecule has 0 aliphatic carbocycles. The van der Waals surface area contributed by atoms with Gasteiger partial charge in [0.2, 0.25) is 0 Å². The molecule has 0 bridgehead atoms. The standard InChI is InChI=1S/C14H14N4S/c1-9-7-15-14(19-9)10(2)17-13-8-16-18-12-6-4-3-5-11(12)13/h3-8,10H,1-2H3,(H,17,18). The van der Waals surface area contributed by atoms with Crippen LogP contribution in [0.4, 0.5) is 5.69 Å². The second kappa shape index (κ2) is 4.93. The molecule has 1 aromatic carbocycles. The minimum Gasteiger partial charge on any atom is -0.374 e. The van der Waals surface area contributed by atoms with Crippen LogP contribution in [0, 0.1) is 6.92 Å². The molecule has 3 rings (SSSR count). The molecule has 1 atom stereocenters. The van der Waals surface area contributed by atoms with Gasteiger partial charge in [-0.3, -0.25) is 0 Å². The van der Waals surface area contributed by atoms with Crippen LogP contribution in [0.25, 0.3) is 10.9 Å². The van der Waals surface area contributed by atoms with Crippen molar-refractivity contribution in [3.05, 3.63) is 46.5 Å². The monoisotopic (exact) mass is 270 g/mol. The van der Waals surface area contributed by atoms with Crippen molar-refractivity contribution >= 4 is 27.9 Å². The molecule has 19 heavy (non-hydrogen) atoms. The highest BCUT2D eigenvalue weighted by molar-refractivity contribution is 7.11. The van der Waals surface area contributed by atoms with Crippen molar-refractivity contribution in [3.63, 3.8) is 0 Å². The van der Waals surface area contributed by atoms with Crippen molar-refractivity contribution in [2.75, 3.05) is 5.32 Å². The van der Waals surface area contributed by atoms with E-state index in [-0.39, 0.29) is 6.04 Å². The number of aromatic nitrogens is 3. The Kier molecular flexibility index (Phi) is 3.13. The summed E-state index contributed by atoms with van der Waals surface area (Å²) in [5, 5.41) is 13.8. The molecule has 0 fully saturated rings. The number of rotatable bonds is 3. The fraction of sp³-hybridized carbons (Fsp3) is 0.214. The average molecular weight is 270 g/mol. The van der Waals surface area contributed by atoms with E-state index in [9.17, 15) is 0 Å². The highest BCUT2D eigenvalue weighted by atomic mass is 32.1. The molecule has 1 N–H and O–H groups in total. The fourth-order valence-corrected chi connectivity index (χ4v) is 2.77. The number of nitrogens with one attached hydrogen (secondary N) is 1. The van der Waals surface area contributed by atoms with Crippen LogP contribution in [0.3, 0.4) is 0 Å². The van der Waals surface area contributed by atoms with Crippen molar-refractivity contribution in [1.29, 1.82) is 0 Å². The fourth-order valence-electron chi connectivity index (χ4n) is 1.99. The largest absolute Gasteiger partial charge is 0.374 e. The lowest BCUT2D eigenvalue weighted by Gasteiger charge is -2.13. The van der Waals surface area contributed by atoms with E-state index in [1.165, 1.54) is 4.88 Å². The lowest BCUT2D eigenvalue weighted by atomic mass is 10.2. The number of aryl methyl sites for hydroxylation is 1. The molecule has 0 aliphatic heterocycles. The van der Waals surface area contributed by atoms with Crippen LogP contribution >= 0.6 is 11.3 Å². The zero-order valence-corrected chi connectivity index (χ0v) is 11.6. The Balaban J connectivity index is 1.93. The summed E-state index contributed by atoms with van der Waals surface area (Å²) in [6.07, 6.45) is 3.67. The molecule has 96 valence electrons. The summed E-state index contributed by atoms with van der Waals surface area (Å²) in [5.41, 5.74) is 1.89. The van der Waals surface area contributed by atoms with E-state index in [0.29, 0.717) is 0 Å². The Morgan fingerprint density at radius 1 is 1.21 bits per heavy atom. The zero-order valence-electron chi connectivity index (χ0n) is 10.8. The second-order valence-electron chi connectivity index (χ2n) is 4.45. The van der Waals surface area contributed by atoms with Gasteiger partial charge in [0.25, 0.3) is 0 Å². The third-order valence-corrected chi connectivity index (χ3v) is 4.02. The summed E-state index contributed by atoms with van der Waals surface area (Å²) in [7, 11) is 0. The molecule has 3 aromatic rings. The summed E-state index contributed by atoms with van der Waals surface area (Å²) in [6.45, 7) is 4.17. The molecular weight excluding hydrogens is 256 g/mol. The van der Waals surface area contributed by atoms with E-state index >= 15 is 0 Å². The molecule has 2 aromatic heterocycles. The van der Waals surface area contributed by atoms with Gasteiger partial charge in [-0.25, -0.2) is 4.98 Å². The average Bonchev–Trinajstić information content (AvgIpc) is 2.86. The summed E-state index contributed by atoms with van der Waals surface area (Å²) >= 11 is 1.71. The summed E-state index contributed by atoms with van der Waals surface area (Å²) < 4.78 is 0. The first kappa shape index (κ1) is 12.0. The second-order valence-corrected chi connectivity index (χ2v) is 5.72. The van der Waals surface area contributed by atoms with E-state index < -0.39 is 0 Å². The Labute approximate surface area is 115 Å². The number of nitrogens with zero attached hydrogens (tertiary/aromatic N) is 3. The molecule has 5 heteroatoms. The van der Waals surface area contributed by atoms with E-state index in [0.717, 1.165) is 21.6 Å². The lowest BCUT2D eigenvalue weighted by molar-refractivity contribution is 0.868. The Bertz CT molecular complexity index is 702. The van der Waals surface area contributed by atoms with Gasteiger partial charge in [-0.1, -0.05) is 18.2 Å². The van der Waals surface area contributed by atoms with Gasteiger partial charge in [-0.05, 0) is 19.9 Å². The van der Waals surface area contributed by atoms with Crippen molar-refractivity contribution in [3.8, 4) is 0 Å². The number of thiazole rings is 1. The molecule has 0 saturated carbocycles. The van der Waals surface area contributed by atoms with Crippen molar-refractivity contribution in [1.82, 2.24) is 15.2 Å². The van der Waals surface area contributed by atoms with Gasteiger partial charge in [0.05, 0.1) is 23.4 Å². The topological polar surface area (TPSA) is 50.7 Å². The number of anilines is 1. The van der Waals surface area contributed by atoms with E-state index in [1.807, 2.05) is 30.5 Å². The van der Waals surface area contributed by atoms with Gasteiger partial charge in [0, 0.05) is 16.5 Å². The van der Waals surface area contributed by atoms with Crippen LogP contribution in [0.15, 0.2) is 36.7 Å². The predicted molar refractivity (Wildman–Crippen MR) is 78.4 cm³/mol. The van der Waals surface area contributed by atoms with Crippen LogP contribution in [0.1, 0.15) is 22.9 Å². The maximum atomic E-state index is 4.41. The molecular formula is C14H14N4S. The van der Waals surface area contributed by atoms with Gasteiger partial charge in [0.1, 0.15) is 5.01 Å². The first-order valence-corrected chi connectivity index (χ1v) is 6.95. The van der Waals surface area contributed by atoms with Crippen molar-refractivity contribution in [2.45, 2.75) is 19.9 Å². The Morgan fingerprint density at radius 2 is 2.05 bits per heavy atom.